The number of aromatic nitrogens is 2. The first-order valence-electron chi connectivity index (χ1n) is 6.51. The van der Waals surface area contributed by atoms with E-state index in [1.807, 2.05) is 6.92 Å². The van der Waals surface area contributed by atoms with Crippen LogP contribution in [0.15, 0.2) is 33.3 Å². The molecule has 2 aromatic rings. The molecular weight excluding hydrogens is 306 g/mol. The van der Waals surface area contributed by atoms with Gasteiger partial charge in [-0.25, -0.2) is 0 Å². The van der Waals surface area contributed by atoms with Crippen LogP contribution >= 0.6 is 15.9 Å². The van der Waals surface area contributed by atoms with Crippen LogP contribution in [0.3, 0.4) is 0 Å². The fourth-order valence-electron chi connectivity index (χ4n) is 2.68. The van der Waals surface area contributed by atoms with E-state index in [-0.39, 0.29) is 0 Å². The first-order valence-corrected chi connectivity index (χ1v) is 7.30. The van der Waals surface area contributed by atoms with Crippen molar-refractivity contribution in [1.82, 2.24) is 15.0 Å². The van der Waals surface area contributed by atoms with Crippen molar-refractivity contribution in [2.45, 2.75) is 32.4 Å². The second kappa shape index (κ2) is 5.43. The van der Waals surface area contributed by atoms with Gasteiger partial charge in [0.15, 0.2) is 5.82 Å². The standard InChI is InChI=1S/C14H16BrN3O/c1-10-16-14(19-17-10)9-18-7-3-6-13(18)11-4-2-5-12(15)8-11/h2,4-5,8,13H,3,6-7,9H2,1H3/t13-/m1/s1. The van der Waals surface area contributed by atoms with Crippen molar-refractivity contribution in [2.75, 3.05) is 6.54 Å². The fraction of sp³-hybridized carbons (Fsp3) is 0.429. The van der Waals surface area contributed by atoms with Gasteiger partial charge in [0.05, 0.1) is 6.54 Å². The molecule has 3 rings (SSSR count). The van der Waals surface area contributed by atoms with Crippen LogP contribution in [-0.2, 0) is 6.54 Å². The van der Waals surface area contributed by atoms with Crippen molar-refractivity contribution in [1.29, 1.82) is 0 Å². The van der Waals surface area contributed by atoms with Crippen molar-refractivity contribution in [3.05, 3.63) is 46.0 Å². The van der Waals surface area contributed by atoms with E-state index >= 15 is 0 Å². The van der Waals surface area contributed by atoms with E-state index in [4.69, 9.17) is 4.52 Å². The molecule has 0 amide bonds. The highest BCUT2D eigenvalue weighted by molar-refractivity contribution is 9.10. The minimum Gasteiger partial charge on any atom is -0.338 e. The third-order valence-corrected chi connectivity index (χ3v) is 4.00. The third kappa shape index (κ3) is 2.87. The van der Waals surface area contributed by atoms with Crippen LogP contribution in [0.2, 0.25) is 0 Å². The van der Waals surface area contributed by atoms with Gasteiger partial charge in [0.25, 0.3) is 0 Å². The molecular formula is C14H16BrN3O. The monoisotopic (exact) mass is 321 g/mol. The average molecular weight is 322 g/mol. The van der Waals surface area contributed by atoms with E-state index in [0.717, 1.165) is 17.6 Å². The highest BCUT2D eigenvalue weighted by atomic mass is 79.9. The molecule has 4 nitrogen and oxygen atoms in total. The molecule has 1 aromatic carbocycles. The molecule has 0 saturated carbocycles. The SMILES string of the molecule is Cc1noc(CN2CCC[C@@H]2c2cccc(Br)c2)n1. The Balaban J connectivity index is 1.78. The van der Waals surface area contributed by atoms with Crippen molar-refractivity contribution in [2.24, 2.45) is 0 Å². The maximum Gasteiger partial charge on any atom is 0.240 e. The number of hydrogen-bond acceptors (Lipinski definition) is 4. The molecule has 1 aromatic heterocycles. The summed E-state index contributed by atoms with van der Waals surface area (Å²) in [6, 6.07) is 8.98. The zero-order valence-corrected chi connectivity index (χ0v) is 12.4. The number of likely N-dealkylation sites (tertiary alicyclic amines) is 1. The van der Waals surface area contributed by atoms with Gasteiger partial charge >= 0.3 is 0 Å². The Labute approximate surface area is 120 Å². The van der Waals surface area contributed by atoms with E-state index in [0.29, 0.717) is 17.8 Å². The van der Waals surface area contributed by atoms with Crippen LogP contribution in [0, 0.1) is 6.92 Å². The van der Waals surface area contributed by atoms with Crippen molar-refractivity contribution >= 4 is 15.9 Å². The van der Waals surface area contributed by atoms with Crippen LogP contribution in [-0.4, -0.2) is 21.6 Å². The summed E-state index contributed by atoms with van der Waals surface area (Å²) in [6.45, 7) is 3.67. The van der Waals surface area contributed by atoms with Gasteiger partial charge in [0.1, 0.15) is 0 Å². The molecule has 100 valence electrons. The lowest BCUT2D eigenvalue weighted by atomic mass is 10.0. The van der Waals surface area contributed by atoms with Gasteiger partial charge in [-0.2, -0.15) is 4.98 Å². The Morgan fingerprint density at radius 3 is 3.11 bits per heavy atom. The van der Waals surface area contributed by atoms with E-state index in [1.165, 1.54) is 18.4 Å². The number of rotatable bonds is 3. The Morgan fingerprint density at radius 1 is 1.47 bits per heavy atom. The van der Waals surface area contributed by atoms with Gasteiger partial charge in [-0.15, -0.1) is 0 Å². The fourth-order valence-corrected chi connectivity index (χ4v) is 3.10. The lowest BCUT2D eigenvalue weighted by Gasteiger charge is -2.23. The summed E-state index contributed by atoms with van der Waals surface area (Å²) in [7, 11) is 0. The van der Waals surface area contributed by atoms with E-state index in [9.17, 15) is 0 Å². The lowest BCUT2D eigenvalue weighted by molar-refractivity contribution is 0.212. The first kappa shape index (κ1) is 12.8. The predicted octanol–water partition coefficient (Wildman–Crippen LogP) is 3.48. The van der Waals surface area contributed by atoms with Gasteiger partial charge in [-0.05, 0) is 44.0 Å². The summed E-state index contributed by atoms with van der Waals surface area (Å²) in [4.78, 5) is 6.70. The minimum absolute atomic E-state index is 0.449. The molecule has 0 aliphatic carbocycles. The Morgan fingerprint density at radius 2 is 2.37 bits per heavy atom. The topological polar surface area (TPSA) is 42.2 Å². The van der Waals surface area contributed by atoms with Crippen LogP contribution in [0.1, 0.15) is 36.2 Å². The molecule has 1 aliphatic rings. The van der Waals surface area contributed by atoms with Gasteiger partial charge < -0.3 is 4.52 Å². The molecule has 0 radical (unpaired) electrons. The highest BCUT2D eigenvalue weighted by Crippen LogP contribution is 2.33. The molecule has 0 bridgehead atoms. The number of halogens is 1. The highest BCUT2D eigenvalue weighted by Gasteiger charge is 2.27. The van der Waals surface area contributed by atoms with Gasteiger partial charge in [-0.3, -0.25) is 4.90 Å². The molecule has 0 unspecified atom stereocenters. The second-order valence-electron chi connectivity index (χ2n) is 4.92. The number of benzene rings is 1. The summed E-state index contributed by atoms with van der Waals surface area (Å²) in [6.07, 6.45) is 2.40. The largest absolute Gasteiger partial charge is 0.338 e. The Hall–Kier alpha value is -1.20. The zero-order chi connectivity index (χ0) is 13.2. The average Bonchev–Trinajstić information content (AvgIpc) is 2.99. The van der Waals surface area contributed by atoms with Crippen LogP contribution in [0.4, 0.5) is 0 Å². The molecule has 1 saturated heterocycles. The maximum atomic E-state index is 5.22. The van der Waals surface area contributed by atoms with Crippen LogP contribution in [0.5, 0.6) is 0 Å². The smallest absolute Gasteiger partial charge is 0.240 e. The van der Waals surface area contributed by atoms with Crippen LogP contribution < -0.4 is 0 Å². The molecule has 0 N–H and O–H groups in total. The molecule has 1 atom stereocenters. The molecule has 1 aliphatic heterocycles. The van der Waals surface area contributed by atoms with Crippen molar-refractivity contribution in [3.8, 4) is 0 Å². The van der Waals surface area contributed by atoms with Crippen LogP contribution in [0.25, 0.3) is 0 Å². The summed E-state index contributed by atoms with van der Waals surface area (Å²) < 4.78 is 6.35. The summed E-state index contributed by atoms with van der Waals surface area (Å²) in [5, 5.41) is 3.85. The van der Waals surface area contributed by atoms with Crippen molar-refractivity contribution in [3.63, 3.8) is 0 Å². The summed E-state index contributed by atoms with van der Waals surface area (Å²) in [5.41, 5.74) is 1.35. The third-order valence-electron chi connectivity index (χ3n) is 3.51. The lowest BCUT2D eigenvalue weighted by Crippen LogP contribution is -2.22. The zero-order valence-electron chi connectivity index (χ0n) is 10.8. The number of nitrogens with zero attached hydrogens (tertiary/aromatic N) is 3. The summed E-state index contributed by atoms with van der Waals surface area (Å²) >= 11 is 3.54. The number of aryl methyl sites for hydroxylation is 1. The Kier molecular flexibility index (Phi) is 3.66. The molecule has 2 heterocycles. The second-order valence-corrected chi connectivity index (χ2v) is 5.83. The Bertz CT molecular complexity index is 569. The quantitative estimate of drug-likeness (QED) is 0.868. The van der Waals surface area contributed by atoms with Crippen molar-refractivity contribution < 1.29 is 4.52 Å². The van der Waals surface area contributed by atoms with E-state index < -0.39 is 0 Å². The van der Waals surface area contributed by atoms with Gasteiger partial charge in [0, 0.05) is 10.5 Å². The number of hydrogen-bond donors (Lipinski definition) is 0. The van der Waals surface area contributed by atoms with E-state index in [1.54, 1.807) is 0 Å². The van der Waals surface area contributed by atoms with E-state index in [2.05, 4.69) is 55.2 Å². The molecule has 1 fully saturated rings. The predicted molar refractivity (Wildman–Crippen MR) is 75.6 cm³/mol. The molecule has 19 heavy (non-hydrogen) atoms. The minimum atomic E-state index is 0.449. The summed E-state index contributed by atoms with van der Waals surface area (Å²) in [5.74, 6) is 1.41. The normalized spacial score (nSPS) is 20.0. The first-order chi connectivity index (χ1) is 9.22. The molecule has 5 heteroatoms. The molecule has 0 spiro atoms. The van der Waals surface area contributed by atoms with Gasteiger partial charge in [-0.1, -0.05) is 33.2 Å². The maximum absolute atomic E-state index is 5.22. The van der Waals surface area contributed by atoms with Gasteiger partial charge in [0.2, 0.25) is 5.89 Å².